The average molecular weight is 123 g/mol. The number of aromatic amines is 1. The molecule has 9 heavy (non-hydrogen) atoms. The summed E-state index contributed by atoms with van der Waals surface area (Å²) >= 11 is 0. The molecule has 0 aliphatic carbocycles. The van der Waals surface area contributed by atoms with Gasteiger partial charge < -0.3 is 4.98 Å². The standard InChI is InChI=1S/C4HN3O2/c8-1-3-5-4(2-9)7-6-3/h5H. The first-order chi connectivity index (χ1) is 4.36. The van der Waals surface area contributed by atoms with Crippen molar-refractivity contribution >= 4 is 11.9 Å². The lowest BCUT2D eigenvalue weighted by atomic mass is 10.9. The molecule has 0 unspecified atom stereocenters. The van der Waals surface area contributed by atoms with E-state index in [0.29, 0.717) is 0 Å². The van der Waals surface area contributed by atoms with Gasteiger partial charge in [-0.15, -0.1) is 10.2 Å². The maximum absolute atomic E-state index is 9.75. The molecule has 0 saturated heterocycles. The molecule has 1 rings (SSSR count). The maximum atomic E-state index is 9.75. The number of nitrogens with one attached hydrogen (secondary N) is 1. The Balaban J connectivity index is 3.69. The first-order valence-electron chi connectivity index (χ1n) is 2.06. The fourth-order valence-electron chi connectivity index (χ4n) is 0.354. The largest absolute Gasteiger partial charge is 0.303 e. The zero-order chi connectivity index (χ0) is 6.69. The van der Waals surface area contributed by atoms with Crippen LogP contribution >= 0.6 is 0 Å². The Morgan fingerprint density at radius 2 is 1.56 bits per heavy atom. The van der Waals surface area contributed by atoms with E-state index in [1.54, 1.807) is 0 Å². The van der Waals surface area contributed by atoms with Gasteiger partial charge in [0, 0.05) is 0 Å². The highest BCUT2D eigenvalue weighted by molar-refractivity contribution is 5.43. The molecule has 1 N–H and O–H groups in total. The molecule has 5 heteroatoms. The number of nitrogens with zero attached hydrogens (tertiary/aromatic N) is 2. The Kier molecular flexibility index (Phi) is 1.24. The van der Waals surface area contributed by atoms with E-state index in [4.69, 9.17) is 0 Å². The Morgan fingerprint density at radius 1 is 1.11 bits per heavy atom. The minimum Gasteiger partial charge on any atom is -0.303 e. The molecule has 0 bridgehead atoms. The molecule has 0 aromatic carbocycles. The van der Waals surface area contributed by atoms with Gasteiger partial charge >= 0.3 is 0 Å². The van der Waals surface area contributed by atoms with Crippen LogP contribution in [0, 0.1) is 0 Å². The van der Waals surface area contributed by atoms with Crippen LogP contribution in [-0.2, 0) is 9.59 Å². The fourth-order valence-corrected chi connectivity index (χ4v) is 0.354. The van der Waals surface area contributed by atoms with Crippen LogP contribution in [0.25, 0.3) is 0 Å². The van der Waals surface area contributed by atoms with Crippen LogP contribution in [0.4, 0.5) is 0 Å². The van der Waals surface area contributed by atoms with Crippen molar-refractivity contribution in [3.8, 4) is 0 Å². The average Bonchev–Trinajstić information content (AvgIpc) is 2.34. The van der Waals surface area contributed by atoms with Gasteiger partial charge in [-0.2, -0.15) is 0 Å². The molecule has 0 amide bonds. The SMILES string of the molecule is O=C=c1nnc(=C=O)[nH]1. The summed E-state index contributed by atoms with van der Waals surface area (Å²) in [7, 11) is 0. The van der Waals surface area contributed by atoms with E-state index in [0.717, 1.165) is 0 Å². The monoisotopic (exact) mass is 123 g/mol. The molecule has 0 spiro atoms. The lowest BCUT2D eigenvalue weighted by Crippen LogP contribution is -2.12. The lowest BCUT2D eigenvalue weighted by Gasteiger charge is -1.53. The molecule has 0 atom stereocenters. The van der Waals surface area contributed by atoms with Crippen LogP contribution in [-0.4, -0.2) is 27.1 Å². The zero-order valence-electron chi connectivity index (χ0n) is 4.21. The van der Waals surface area contributed by atoms with Gasteiger partial charge in [-0.25, -0.2) is 9.59 Å². The fraction of sp³-hybridized carbons (Fsp3) is 0. The van der Waals surface area contributed by atoms with Crippen LogP contribution in [0.5, 0.6) is 0 Å². The van der Waals surface area contributed by atoms with Crippen molar-refractivity contribution in [1.29, 1.82) is 0 Å². The first kappa shape index (κ1) is 5.44. The summed E-state index contributed by atoms with van der Waals surface area (Å²) in [6.07, 6.45) is 0. The molecule has 44 valence electrons. The molecule has 1 aromatic rings. The van der Waals surface area contributed by atoms with Crippen LogP contribution in [0.1, 0.15) is 0 Å². The predicted octanol–water partition coefficient (Wildman–Crippen LogP) is -3.19. The summed E-state index contributed by atoms with van der Waals surface area (Å²) in [4.78, 5) is 21.7. The third-order valence-electron chi connectivity index (χ3n) is 0.680. The molecule has 1 heterocycles. The minimum atomic E-state index is -0.0895. The Hall–Kier alpha value is -1.70. The third kappa shape index (κ3) is 0.912. The Labute approximate surface area is 48.7 Å². The lowest BCUT2D eigenvalue weighted by molar-refractivity contribution is 0.565. The van der Waals surface area contributed by atoms with Gasteiger partial charge in [0.1, 0.15) is 0 Å². The van der Waals surface area contributed by atoms with E-state index in [-0.39, 0.29) is 11.0 Å². The van der Waals surface area contributed by atoms with Crippen molar-refractivity contribution in [3.05, 3.63) is 11.0 Å². The third-order valence-corrected chi connectivity index (χ3v) is 0.680. The van der Waals surface area contributed by atoms with Crippen LogP contribution < -0.4 is 11.0 Å². The highest BCUT2D eigenvalue weighted by Gasteiger charge is 1.82. The molecule has 1 aromatic heterocycles. The Morgan fingerprint density at radius 3 is 1.78 bits per heavy atom. The van der Waals surface area contributed by atoms with Crippen LogP contribution in [0.2, 0.25) is 0 Å². The molecule has 0 aliphatic heterocycles. The van der Waals surface area contributed by atoms with E-state index >= 15 is 0 Å². The van der Waals surface area contributed by atoms with Gasteiger partial charge in [-0.05, 0) is 0 Å². The molecule has 0 radical (unpaired) electrons. The van der Waals surface area contributed by atoms with Gasteiger partial charge in [-0.1, -0.05) is 0 Å². The van der Waals surface area contributed by atoms with Crippen molar-refractivity contribution < 1.29 is 9.59 Å². The normalized spacial score (nSPS) is 8.00. The molecule has 5 nitrogen and oxygen atoms in total. The van der Waals surface area contributed by atoms with Crippen LogP contribution in [0.15, 0.2) is 0 Å². The number of hydrogen-bond donors (Lipinski definition) is 1. The second kappa shape index (κ2) is 2.05. The van der Waals surface area contributed by atoms with Gasteiger partial charge in [0.05, 0.1) is 0 Å². The highest BCUT2D eigenvalue weighted by atomic mass is 16.1. The van der Waals surface area contributed by atoms with E-state index in [2.05, 4.69) is 15.2 Å². The topological polar surface area (TPSA) is 75.7 Å². The van der Waals surface area contributed by atoms with Crippen molar-refractivity contribution in [2.24, 2.45) is 0 Å². The second-order valence-corrected chi connectivity index (χ2v) is 1.23. The molecular formula is C4HN3O2. The quantitative estimate of drug-likeness (QED) is 0.394. The smallest absolute Gasteiger partial charge is 0.239 e. The number of rotatable bonds is 0. The van der Waals surface area contributed by atoms with E-state index in [1.165, 1.54) is 11.9 Å². The van der Waals surface area contributed by atoms with E-state index in [9.17, 15) is 9.59 Å². The Bertz CT molecular complexity index is 321. The van der Waals surface area contributed by atoms with Gasteiger partial charge in [0.25, 0.3) is 0 Å². The predicted molar refractivity (Wildman–Crippen MR) is 25.2 cm³/mol. The number of carbonyl (C=O) groups excluding carboxylic acids is 2. The highest BCUT2D eigenvalue weighted by Crippen LogP contribution is 1.28. The van der Waals surface area contributed by atoms with Crippen molar-refractivity contribution in [2.75, 3.05) is 0 Å². The molecular weight excluding hydrogens is 122 g/mol. The van der Waals surface area contributed by atoms with Gasteiger partial charge in [0.15, 0.2) is 11.9 Å². The molecule has 0 aliphatic rings. The van der Waals surface area contributed by atoms with E-state index in [1.807, 2.05) is 0 Å². The number of hydrogen-bond acceptors (Lipinski definition) is 4. The summed E-state index contributed by atoms with van der Waals surface area (Å²) in [5.41, 5.74) is -0.179. The summed E-state index contributed by atoms with van der Waals surface area (Å²) in [5.74, 6) is 2.85. The minimum absolute atomic E-state index is 0.0895. The van der Waals surface area contributed by atoms with Gasteiger partial charge in [-0.3, -0.25) is 0 Å². The number of H-pyrrole nitrogens is 1. The maximum Gasteiger partial charge on any atom is 0.239 e. The van der Waals surface area contributed by atoms with E-state index < -0.39 is 0 Å². The first-order valence-corrected chi connectivity index (χ1v) is 2.06. The molecule has 0 fully saturated rings. The van der Waals surface area contributed by atoms with Gasteiger partial charge in [0.2, 0.25) is 11.0 Å². The van der Waals surface area contributed by atoms with Crippen molar-refractivity contribution in [2.45, 2.75) is 0 Å². The van der Waals surface area contributed by atoms with Crippen molar-refractivity contribution in [3.63, 3.8) is 0 Å². The summed E-state index contributed by atoms with van der Waals surface area (Å²) in [6.45, 7) is 0. The number of aromatic nitrogens is 3. The summed E-state index contributed by atoms with van der Waals surface area (Å²) in [5, 5.41) is 6.43. The van der Waals surface area contributed by atoms with Crippen LogP contribution in [0.3, 0.4) is 0 Å². The zero-order valence-corrected chi connectivity index (χ0v) is 4.21. The summed E-state index contributed by atoms with van der Waals surface area (Å²) in [6, 6.07) is 0. The van der Waals surface area contributed by atoms with Crippen molar-refractivity contribution in [1.82, 2.24) is 15.2 Å². The summed E-state index contributed by atoms with van der Waals surface area (Å²) < 4.78 is 0. The second-order valence-electron chi connectivity index (χ2n) is 1.23. The molecule has 0 saturated carbocycles.